The van der Waals surface area contributed by atoms with Crippen molar-refractivity contribution in [1.29, 1.82) is 0 Å². The molecule has 0 radical (unpaired) electrons. The first-order valence-electron chi connectivity index (χ1n) is 10.1. The zero-order valence-electron chi connectivity index (χ0n) is 17.1. The minimum absolute atomic E-state index is 0.771. The van der Waals surface area contributed by atoms with Gasteiger partial charge in [-0.2, -0.15) is 0 Å². The largest absolute Gasteiger partial charge is 0.493 e. The van der Waals surface area contributed by atoms with Gasteiger partial charge in [0.15, 0.2) is 11.5 Å². The molecule has 2 N–H and O–H groups in total. The maximum absolute atomic E-state index is 5.90. The molecule has 28 heavy (non-hydrogen) atoms. The standard InChI is InChI=1S/C23H33ClN2O2/c1-27-22-12-9-20(17-23(22)28-2)18-26-15-6-4-3-5-14-25-16-13-19-7-10-21(24)11-8-19/h7-12,17,25-26H,3-6,13-16,18H2,1-2H3. The van der Waals surface area contributed by atoms with Crippen LogP contribution in [0.3, 0.4) is 0 Å². The fourth-order valence-corrected chi connectivity index (χ4v) is 3.21. The Bertz CT molecular complexity index is 677. The molecule has 154 valence electrons. The molecule has 0 heterocycles. The lowest BCUT2D eigenvalue weighted by atomic mass is 10.1. The number of unbranched alkanes of at least 4 members (excludes halogenated alkanes) is 3. The summed E-state index contributed by atoms with van der Waals surface area (Å²) in [5.74, 6) is 1.55. The number of hydrogen-bond acceptors (Lipinski definition) is 4. The number of benzene rings is 2. The summed E-state index contributed by atoms with van der Waals surface area (Å²) < 4.78 is 10.6. The molecule has 2 aromatic rings. The molecule has 0 aliphatic rings. The molecule has 2 rings (SSSR count). The molecule has 0 bridgehead atoms. The van der Waals surface area contributed by atoms with Crippen molar-refractivity contribution >= 4 is 11.6 Å². The zero-order valence-corrected chi connectivity index (χ0v) is 17.9. The van der Waals surface area contributed by atoms with Gasteiger partial charge in [-0.3, -0.25) is 0 Å². The highest BCUT2D eigenvalue weighted by molar-refractivity contribution is 6.30. The summed E-state index contributed by atoms with van der Waals surface area (Å²) >= 11 is 5.90. The van der Waals surface area contributed by atoms with Crippen LogP contribution in [0, 0.1) is 0 Å². The van der Waals surface area contributed by atoms with E-state index < -0.39 is 0 Å². The lowest BCUT2D eigenvalue weighted by molar-refractivity contribution is 0.354. The Morgan fingerprint density at radius 3 is 2.04 bits per heavy atom. The van der Waals surface area contributed by atoms with Crippen molar-refractivity contribution in [2.45, 2.75) is 38.6 Å². The van der Waals surface area contributed by atoms with Gasteiger partial charge < -0.3 is 20.1 Å². The third-order valence-electron chi connectivity index (χ3n) is 4.74. The zero-order chi connectivity index (χ0) is 20.0. The molecule has 0 aliphatic carbocycles. The van der Waals surface area contributed by atoms with Gasteiger partial charge in [-0.05, 0) is 74.3 Å². The van der Waals surface area contributed by atoms with Crippen LogP contribution in [0.25, 0.3) is 0 Å². The Morgan fingerprint density at radius 2 is 1.36 bits per heavy atom. The van der Waals surface area contributed by atoms with Crippen LogP contribution in [0.4, 0.5) is 0 Å². The van der Waals surface area contributed by atoms with Crippen LogP contribution in [-0.2, 0) is 13.0 Å². The van der Waals surface area contributed by atoms with Crippen LogP contribution in [0.15, 0.2) is 42.5 Å². The first-order valence-corrected chi connectivity index (χ1v) is 10.5. The van der Waals surface area contributed by atoms with Crippen LogP contribution >= 0.6 is 11.6 Å². The Kier molecular flexibility index (Phi) is 10.8. The van der Waals surface area contributed by atoms with Crippen LogP contribution in [0.1, 0.15) is 36.8 Å². The first kappa shape index (κ1) is 22.5. The monoisotopic (exact) mass is 404 g/mol. The number of nitrogens with one attached hydrogen (secondary N) is 2. The summed E-state index contributed by atoms with van der Waals surface area (Å²) in [6, 6.07) is 14.2. The highest BCUT2D eigenvalue weighted by Gasteiger charge is 2.04. The molecule has 0 aliphatic heterocycles. The Labute approximate surface area is 174 Å². The third-order valence-corrected chi connectivity index (χ3v) is 4.99. The predicted octanol–water partition coefficient (Wildman–Crippen LogP) is 4.84. The van der Waals surface area contributed by atoms with Gasteiger partial charge in [0.2, 0.25) is 0 Å². The molecule has 2 aromatic carbocycles. The van der Waals surface area contributed by atoms with Crippen molar-refractivity contribution in [2.24, 2.45) is 0 Å². The second-order valence-electron chi connectivity index (χ2n) is 6.91. The smallest absolute Gasteiger partial charge is 0.161 e. The fraction of sp³-hybridized carbons (Fsp3) is 0.478. The van der Waals surface area contributed by atoms with Crippen molar-refractivity contribution in [3.8, 4) is 11.5 Å². The molecule has 0 saturated heterocycles. The van der Waals surface area contributed by atoms with E-state index in [0.717, 1.165) is 49.1 Å². The number of methoxy groups -OCH3 is 2. The minimum Gasteiger partial charge on any atom is -0.493 e. The van der Waals surface area contributed by atoms with E-state index in [1.165, 1.54) is 36.8 Å². The van der Waals surface area contributed by atoms with Gasteiger partial charge >= 0.3 is 0 Å². The Hall–Kier alpha value is -1.75. The van der Waals surface area contributed by atoms with Crippen molar-refractivity contribution in [3.63, 3.8) is 0 Å². The quantitative estimate of drug-likeness (QED) is 0.442. The Balaban J connectivity index is 1.44. The number of ether oxygens (including phenoxy) is 2. The maximum Gasteiger partial charge on any atom is 0.161 e. The van der Waals surface area contributed by atoms with E-state index in [-0.39, 0.29) is 0 Å². The first-order chi connectivity index (χ1) is 13.7. The van der Waals surface area contributed by atoms with Crippen molar-refractivity contribution in [2.75, 3.05) is 33.9 Å². The van der Waals surface area contributed by atoms with E-state index in [2.05, 4.69) is 28.8 Å². The second kappa shape index (κ2) is 13.4. The highest BCUT2D eigenvalue weighted by atomic mass is 35.5. The molecule has 5 heteroatoms. The predicted molar refractivity (Wildman–Crippen MR) is 118 cm³/mol. The average molecular weight is 405 g/mol. The van der Waals surface area contributed by atoms with Gasteiger partial charge in [0.1, 0.15) is 0 Å². The number of hydrogen-bond donors (Lipinski definition) is 2. The third kappa shape index (κ3) is 8.51. The van der Waals surface area contributed by atoms with E-state index in [4.69, 9.17) is 21.1 Å². The highest BCUT2D eigenvalue weighted by Crippen LogP contribution is 2.27. The SMILES string of the molecule is COc1ccc(CNCCCCCCNCCc2ccc(Cl)cc2)cc1OC. The summed E-state index contributed by atoms with van der Waals surface area (Å²) in [5.41, 5.74) is 2.54. The van der Waals surface area contributed by atoms with Crippen molar-refractivity contribution in [1.82, 2.24) is 10.6 Å². The summed E-state index contributed by atoms with van der Waals surface area (Å²) in [7, 11) is 3.33. The van der Waals surface area contributed by atoms with Crippen LogP contribution in [0.5, 0.6) is 11.5 Å². The van der Waals surface area contributed by atoms with Crippen molar-refractivity contribution < 1.29 is 9.47 Å². The van der Waals surface area contributed by atoms with Gasteiger partial charge in [-0.15, -0.1) is 0 Å². The normalized spacial score (nSPS) is 10.8. The average Bonchev–Trinajstić information content (AvgIpc) is 2.73. The van der Waals surface area contributed by atoms with Gasteiger partial charge in [0.05, 0.1) is 14.2 Å². The molecule has 0 atom stereocenters. The lowest BCUT2D eigenvalue weighted by Crippen LogP contribution is -2.18. The van der Waals surface area contributed by atoms with E-state index in [1.807, 2.05) is 24.3 Å². The van der Waals surface area contributed by atoms with Gasteiger partial charge in [0.25, 0.3) is 0 Å². The van der Waals surface area contributed by atoms with Gasteiger partial charge in [-0.1, -0.05) is 42.6 Å². The fourth-order valence-electron chi connectivity index (χ4n) is 3.09. The maximum atomic E-state index is 5.90. The molecule has 0 unspecified atom stereocenters. The van der Waals surface area contributed by atoms with Crippen LogP contribution < -0.4 is 20.1 Å². The summed E-state index contributed by atoms with van der Waals surface area (Å²) in [6.45, 7) is 4.01. The van der Waals surface area contributed by atoms with Gasteiger partial charge in [-0.25, -0.2) is 0 Å². The van der Waals surface area contributed by atoms with Crippen molar-refractivity contribution in [3.05, 3.63) is 58.6 Å². The minimum atomic E-state index is 0.771. The topological polar surface area (TPSA) is 42.5 Å². The summed E-state index contributed by atoms with van der Waals surface area (Å²) in [4.78, 5) is 0. The second-order valence-corrected chi connectivity index (χ2v) is 7.34. The van der Waals surface area contributed by atoms with Gasteiger partial charge in [0, 0.05) is 11.6 Å². The molecule has 0 aromatic heterocycles. The Morgan fingerprint density at radius 1 is 0.714 bits per heavy atom. The summed E-state index contributed by atoms with van der Waals surface area (Å²) in [5, 5.41) is 7.82. The van der Waals surface area contributed by atoms with E-state index in [9.17, 15) is 0 Å². The molecule has 4 nitrogen and oxygen atoms in total. The summed E-state index contributed by atoms with van der Waals surface area (Å²) in [6.07, 6.45) is 6.02. The molecular formula is C23H33ClN2O2. The lowest BCUT2D eigenvalue weighted by Gasteiger charge is -2.10. The molecule has 0 spiro atoms. The van der Waals surface area contributed by atoms with Crippen LogP contribution in [-0.4, -0.2) is 33.9 Å². The van der Waals surface area contributed by atoms with E-state index in [1.54, 1.807) is 14.2 Å². The molecule has 0 saturated carbocycles. The number of rotatable bonds is 14. The van der Waals surface area contributed by atoms with E-state index in [0.29, 0.717) is 0 Å². The van der Waals surface area contributed by atoms with E-state index >= 15 is 0 Å². The molecule has 0 amide bonds. The molecular weight excluding hydrogens is 372 g/mol. The molecule has 0 fully saturated rings. The number of halogens is 1. The van der Waals surface area contributed by atoms with Crippen LogP contribution in [0.2, 0.25) is 5.02 Å².